The highest BCUT2D eigenvalue weighted by Gasteiger charge is 2.60. The van der Waals surface area contributed by atoms with Crippen LogP contribution in [0.3, 0.4) is 0 Å². The van der Waals surface area contributed by atoms with Gasteiger partial charge in [-0.05, 0) is 68.2 Å². The molecule has 0 spiro atoms. The molecule has 1 aliphatic heterocycles. The average molecular weight is 527 g/mol. The number of halogens is 1. The molecule has 9 heteroatoms. The molecular formula is C30H35FN8. The second-order valence-electron chi connectivity index (χ2n) is 12.5. The molecule has 2 bridgehead atoms. The maximum atomic E-state index is 14.0. The van der Waals surface area contributed by atoms with Crippen molar-refractivity contribution in [3.05, 3.63) is 70.7 Å². The molecule has 3 saturated carbocycles. The van der Waals surface area contributed by atoms with E-state index in [0.717, 1.165) is 45.0 Å². The van der Waals surface area contributed by atoms with E-state index in [2.05, 4.69) is 75.7 Å². The van der Waals surface area contributed by atoms with Crippen molar-refractivity contribution in [3.8, 4) is 6.07 Å². The number of rotatable bonds is 7. The van der Waals surface area contributed by atoms with Crippen molar-refractivity contribution in [2.75, 3.05) is 17.2 Å². The van der Waals surface area contributed by atoms with Crippen LogP contribution in [0.1, 0.15) is 68.5 Å². The van der Waals surface area contributed by atoms with Crippen LogP contribution < -0.4 is 21.6 Å². The first-order valence-corrected chi connectivity index (χ1v) is 13.5. The highest BCUT2D eigenvalue weighted by molar-refractivity contribution is 5.97. The van der Waals surface area contributed by atoms with Crippen LogP contribution in [0, 0.1) is 42.5 Å². The number of nitrogens with one attached hydrogen (secondary N) is 4. The van der Waals surface area contributed by atoms with Gasteiger partial charge in [-0.3, -0.25) is 9.99 Å². The molecule has 8 nitrogen and oxygen atoms in total. The molecule has 2 aromatic heterocycles. The third-order valence-electron chi connectivity index (χ3n) is 8.21. The summed E-state index contributed by atoms with van der Waals surface area (Å²) in [5.74, 6) is 0.360. The predicted molar refractivity (Wildman–Crippen MR) is 151 cm³/mol. The minimum atomic E-state index is -0.497. The molecule has 3 fully saturated rings. The molecule has 0 radical (unpaired) electrons. The molecule has 202 valence electrons. The number of nitrogens with zero attached hydrogens (tertiary/aromatic N) is 4. The van der Waals surface area contributed by atoms with Gasteiger partial charge >= 0.3 is 0 Å². The number of fused-ring (bicyclic) bond motifs is 1. The number of nitriles is 1. The second-order valence-corrected chi connectivity index (χ2v) is 12.5. The molecule has 1 atom stereocenters. The van der Waals surface area contributed by atoms with Crippen LogP contribution in [0.4, 0.5) is 15.8 Å². The van der Waals surface area contributed by atoms with Crippen molar-refractivity contribution < 1.29 is 4.39 Å². The van der Waals surface area contributed by atoms with Gasteiger partial charge in [-0.2, -0.15) is 9.65 Å². The number of hydrogen-bond acceptors (Lipinski definition) is 8. The first-order chi connectivity index (χ1) is 18.5. The molecule has 3 heterocycles. The number of anilines is 2. The summed E-state index contributed by atoms with van der Waals surface area (Å²) in [6.07, 6.45) is 7.41. The summed E-state index contributed by atoms with van der Waals surface area (Å²) in [5, 5.41) is 20.1. The Kier molecular flexibility index (Phi) is 5.92. The maximum Gasteiger partial charge on any atom is 0.213 e. The summed E-state index contributed by atoms with van der Waals surface area (Å²) >= 11 is 0. The normalized spacial score (nSPS) is 22.3. The van der Waals surface area contributed by atoms with Gasteiger partial charge in [0.25, 0.3) is 0 Å². The van der Waals surface area contributed by atoms with Crippen molar-refractivity contribution >= 4 is 22.3 Å². The van der Waals surface area contributed by atoms with E-state index >= 15 is 0 Å². The van der Waals surface area contributed by atoms with Gasteiger partial charge in [0.05, 0.1) is 34.0 Å². The van der Waals surface area contributed by atoms with Crippen LogP contribution in [0.5, 0.6) is 0 Å². The summed E-state index contributed by atoms with van der Waals surface area (Å²) < 4.78 is 14.0. The molecule has 7 rings (SSSR count). The molecule has 39 heavy (non-hydrogen) atoms. The van der Waals surface area contributed by atoms with Gasteiger partial charge in [-0.15, -0.1) is 5.53 Å². The number of aryl methyl sites for hydroxylation is 2. The highest BCUT2D eigenvalue weighted by atomic mass is 19.1. The molecular weight excluding hydrogens is 491 g/mol. The summed E-state index contributed by atoms with van der Waals surface area (Å²) in [5.41, 5.74) is 13.4. The van der Waals surface area contributed by atoms with E-state index in [4.69, 9.17) is 0 Å². The van der Waals surface area contributed by atoms with Crippen LogP contribution in [-0.2, 0) is 0 Å². The van der Waals surface area contributed by atoms with Crippen LogP contribution in [0.2, 0.25) is 0 Å². The maximum absolute atomic E-state index is 14.0. The minimum absolute atomic E-state index is 0.0331. The lowest BCUT2D eigenvalue weighted by Gasteiger charge is -2.64. The standard InChI is InChI=1S/C30H35FN8/c1-17-8-21(9-23-26(17)33-14-20(13-32)27(23)34-16-29(3,4)5)36-28(22-6-7-25(31)35-18(22)2)24-15-39(38-37-24)30-10-19(11-30)12-30/h6-9,14-15,19,28,36-38H,10-12,16H2,1-5H3,(H,33,34)/t19?,28-,30?/m0/s1. The Morgan fingerprint density at radius 1 is 1.23 bits per heavy atom. The van der Waals surface area contributed by atoms with Gasteiger partial charge in [0.1, 0.15) is 6.07 Å². The molecule has 4 aliphatic rings. The zero-order valence-electron chi connectivity index (χ0n) is 23.1. The third kappa shape index (κ3) is 4.53. The Morgan fingerprint density at radius 2 is 2.00 bits per heavy atom. The number of hydrazine groups is 2. The van der Waals surface area contributed by atoms with Crippen molar-refractivity contribution in [2.24, 2.45) is 11.3 Å². The molecule has 0 unspecified atom stereocenters. The zero-order chi connectivity index (χ0) is 27.5. The van der Waals surface area contributed by atoms with Gasteiger partial charge in [-0.1, -0.05) is 26.8 Å². The largest absolute Gasteiger partial charge is 0.383 e. The molecule has 4 N–H and O–H groups in total. The summed E-state index contributed by atoms with van der Waals surface area (Å²) in [7, 11) is 0. The second kappa shape index (κ2) is 9.09. The fourth-order valence-corrected chi connectivity index (χ4v) is 5.99. The molecule has 0 amide bonds. The zero-order valence-corrected chi connectivity index (χ0v) is 23.1. The third-order valence-corrected chi connectivity index (χ3v) is 8.21. The number of hydrogen-bond donors (Lipinski definition) is 4. The Labute approximate surface area is 228 Å². The number of pyridine rings is 2. The van der Waals surface area contributed by atoms with Gasteiger partial charge in [0, 0.05) is 41.3 Å². The van der Waals surface area contributed by atoms with Crippen LogP contribution in [0.25, 0.3) is 10.9 Å². The Bertz CT molecular complexity index is 1520. The SMILES string of the molecule is Cc1nc(F)ccc1[C@H](Nc1cc(C)c2ncc(C#N)c(NCC(C)(C)C)c2c1)C1=CN(C23CC(C2)C3)NN1. The van der Waals surface area contributed by atoms with Crippen LogP contribution in [0.15, 0.2) is 42.4 Å². The van der Waals surface area contributed by atoms with E-state index in [1.807, 2.05) is 19.9 Å². The Morgan fingerprint density at radius 3 is 2.64 bits per heavy atom. The van der Waals surface area contributed by atoms with E-state index in [-0.39, 0.29) is 17.0 Å². The number of aromatic nitrogens is 2. The lowest BCUT2D eigenvalue weighted by molar-refractivity contribution is -0.141. The van der Waals surface area contributed by atoms with Crippen molar-refractivity contribution in [3.63, 3.8) is 0 Å². The van der Waals surface area contributed by atoms with E-state index in [9.17, 15) is 9.65 Å². The van der Waals surface area contributed by atoms with E-state index in [1.165, 1.54) is 25.3 Å². The molecule has 0 saturated heterocycles. The van der Waals surface area contributed by atoms with Crippen LogP contribution >= 0.6 is 0 Å². The average Bonchev–Trinajstić information content (AvgIpc) is 3.28. The summed E-state index contributed by atoms with van der Waals surface area (Å²) in [6.45, 7) is 11.0. The fourth-order valence-electron chi connectivity index (χ4n) is 5.99. The van der Waals surface area contributed by atoms with Crippen molar-refractivity contribution in [1.82, 2.24) is 25.9 Å². The van der Waals surface area contributed by atoms with Gasteiger partial charge in [0.15, 0.2) is 0 Å². The van der Waals surface area contributed by atoms with Gasteiger partial charge in [-0.25, -0.2) is 4.98 Å². The smallest absolute Gasteiger partial charge is 0.213 e. The van der Waals surface area contributed by atoms with E-state index in [0.29, 0.717) is 17.8 Å². The Hall–Kier alpha value is -3.90. The first kappa shape index (κ1) is 25.4. The predicted octanol–water partition coefficient (Wildman–Crippen LogP) is 5.59. The minimum Gasteiger partial charge on any atom is -0.383 e. The van der Waals surface area contributed by atoms with Crippen molar-refractivity contribution in [2.45, 2.75) is 65.5 Å². The fraction of sp³-hybridized carbons (Fsp3) is 0.433. The topological polar surface area (TPSA) is 101 Å². The molecule has 3 aliphatic carbocycles. The quantitative estimate of drug-likeness (QED) is 0.296. The first-order valence-electron chi connectivity index (χ1n) is 13.5. The number of benzene rings is 1. The van der Waals surface area contributed by atoms with Gasteiger partial charge in [0.2, 0.25) is 5.95 Å². The monoisotopic (exact) mass is 526 g/mol. The van der Waals surface area contributed by atoms with Crippen molar-refractivity contribution in [1.29, 1.82) is 5.26 Å². The molecule has 3 aromatic rings. The molecule has 1 aromatic carbocycles. The summed E-state index contributed by atoms with van der Waals surface area (Å²) in [4.78, 5) is 8.72. The Balaban J connectivity index is 1.40. The van der Waals surface area contributed by atoms with Crippen LogP contribution in [-0.4, -0.2) is 27.1 Å². The summed E-state index contributed by atoms with van der Waals surface area (Å²) in [6, 6.07) is 9.30. The van der Waals surface area contributed by atoms with E-state index in [1.54, 1.807) is 12.3 Å². The van der Waals surface area contributed by atoms with E-state index < -0.39 is 5.95 Å². The van der Waals surface area contributed by atoms with Gasteiger partial charge < -0.3 is 16.1 Å². The highest BCUT2D eigenvalue weighted by Crippen LogP contribution is 2.60. The lowest BCUT2D eigenvalue weighted by Crippen LogP contribution is -2.69. The lowest BCUT2D eigenvalue weighted by atomic mass is 9.49.